The number of halogens is 1. The number of aryl methyl sites for hydroxylation is 1. The second-order valence-corrected chi connectivity index (χ2v) is 6.93. The number of carbonyl (C=O) groups is 1. The van der Waals surface area contributed by atoms with Gasteiger partial charge >= 0.3 is 6.09 Å². The summed E-state index contributed by atoms with van der Waals surface area (Å²) >= 11 is 2.15. The molecule has 1 aliphatic heterocycles. The SMILES string of the molecule is Cn1nc(I)c2cnc(NC3Cc4ccccc4N(C(=O)O)C3)nc21. The summed E-state index contributed by atoms with van der Waals surface area (Å²) in [7, 11) is 1.84. The molecule has 9 heteroatoms. The normalized spacial score (nSPS) is 16.7. The lowest BCUT2D eigenvalue weighted by Gasteiger charge is -2.33. The number of rotatable bonds is 2. The molecule has 25 heavy (non-hydrogen) atoms. The fourth-order valence-electron chi connectivity index (χ4n) is 3.12. The molecule has 0 aliphatic carbocycles. The molecule has 2 N–H and O–H groups in total. The number of aromatic nitrogens is 4. The summed E-state index contributed by atoms with van der Waals surface area (Å²) in [6, 6.07) is 7.45. The summed E-state index contributed by atoms with van der Waals surface area (Å²) in [5, 5.41) is 18.0. The van der Waals surface area contributed by atoms with E-state index in [-0.39, 0.29) is 6.04 Å². The van der Waals surface area contributed by atoms with Gasteiger partial charge < -0.3 is 10.4 Å². The molecular weight excluding hydrogens is 435 g/mol. The number of hydrogen-bond donors (Lipinski definition) is 2. The highest BCUT2D eigenvalue weighted by Gasteiger charge is 2.28. The van der Waals surface area contributed by atoms with Gasteiger partial charge in [-0.05, 0) is 40.6 Å². The molecule has 0 radical (unpaired) electrons. The van der Waals surface area contributed by atoms with Crippen molar-refractivity contribution in [1.82, 2.24) is 19.7 Å². The van der Waals surface area contributed by atoms with Crippen LogP contribution < -0.4 is 10.2 Å². The highest BCUT2D eigenvalue weighted by Crippen LogP contribution is 2.28. The van der Waals surface area contributed by atoms with Crippen molar-refractivity contribution < 1.29 is 9.90 Å². The summed E-state index contributed by atoms with van der Waals surface area (Å²) in [6.45, 7) is 0.344. The molecule has 1 unspecified atom stereocenters. The van der Waals surface area contributed by atoms with Crippen molar-refractivity contribution in [2.24, 2.45) is 7.05 Å². The van der Waals surface area contributed by atoms with Crippen molar-refractivity contribution in [1.29, 1.82) is 0 Å². The predicted octanol–water partition coefficient (Wildman–Crippen LogP) is 2.49. The number of amides is 1. The van der Waals surface area contributed by atoms with E-state index in [4.69, 9.17) is 0 Å². The Labute approximate surface area is 157 Å². The molecule has 3 aromatic rings. The van der Waals surface area contributed by atoms with Crippen LogP contribution in [-0.2, 0) is 13.5 Å². The van der Waals surface area contributed by atoms with Crippen molar-refractivity contribution in [2.75, 3.05) is 16.8 Å². The zero-order valence-corrected chi connectivity index (χ0v) is 15.5. The highest BCUT2D eigenvalue weighted by molar-refractivity contribution is 14.1. The van der Waals surface area contributed by atoms with Crippen LogP contribution in [0.5, 0.6) is 0 Å². The molecule has 3 heterocycles. The summed E-state index contributed by atoms with van der Waals surface area (Å²) in [4.78, 5) is 21.8. The third-order valence-corrected chi connectivity index (χ3v) is 5.05. The van der Waals surface area contributed by atoms with Gasteiger partial charge in [-0.1, -0.05) is 18.2 Å². The third-order valence-electron chi connectivity index (χ3n) is 4.25. The topological polar surface area (TPSA) is 96.2 Å². The van der Waals surface area contributed by atoms with E-state index >= 15 is 0 Å². The Balaban J connectivity index is 1.63. The Kier molecular flexibility index (Phi) is 3.94. The molecule has 128 valence electrons. The lowest BCUT2D eigenvalue weighted by atomic mass is 9.98. The minimum atomic E-state index is -0.962. The van der Waals surface area contributed by atoms with Gasteiger partial charge in [-0.15, -0.1) is 0 Å². The molecule has 0 saturated heterocycles. The molecule has 1 atom stereocenters. The third kappa shape index (κ3) is 2.88. The predicted molar refractivity (Wildman–Crippen MR) is 102 cm³/mol. The maximum atomic E-state index is 11.6. The first-order valence-electron chi connectivity index (χ1n) is 7.73. The molecule has 0 spiro atoms. The largest absolute Gasteiger partial charge is 0.465 e. The van der Waals surface area contributed by atoms with Crippen molar-refractivity contribution in [3.63, 3.8) is 0 Å². The van der Waals surface area contributed by atoms with Gasteiger partial charge in [-0.3, -0.25) is 4.90 Å². The average Bonchev–Trinajstić information content (AvgIpc) is 2.88. The Morgan fingerprint density at radius 2 is 2.20 bits per heavy atom. The van der Waals surface area contributed by atoms with E-state index in [2.05, 4.69) is 43.0 Å². The van der Waals surface area contributed by atoms with E-state index in [1.165, 1.54) is 4.90 Å². The number of fused-ring (bicyclic) bond motifs is 2. The number of nitrogens with one attached hydrogen (secondary N) is 1. The molecule has 1 amide bonds. The van der Waals surface area contributed by atoms with Crippen LogP contribution in [0.4, 0.5) is 16.4 Å². The van der Waals surface area contributed by atoms with Crippen LogP contribution in [0.25, 0.3) is 11.0 Å². The molecule has 1 aliphatic rings. The first-order valence-corrected chi connectivity index (χ1v) is 8.81. The Hall–Kier alpha value is -2.43. The van der Waals surface area contributed by atoms with E-state index in [0.29, 0.717) is 18.9 Å². The fraction of sp³-hybridized carbons (Fsp3) is 0.250. The molecule has 4 rings (SSSR count). The van der Waals surface area contributed by atoms with E-state index in [0.717, 1.165) is 26.0 Å². The average molecular weight is 450 g/mol. The van der Waals surface area contributed by atoms with Gasteiger partial charge in [0.25, 0.3) is 0 Å². The van der Waals surface area contributed by atoms with Crippen LogP contribution in [0.2, 0.25) is 0 Å². The second-order valence-electron chi connectivity index (χ2n) is 5.91. The fourth-order valence-corrected chi connectivity index (χ4v) is 3.83. The van der Waals surface area contributed by atoms with E-state index in [1.807, 2.05) is 31.3 Å². The van der Waals surface area contributed by atoms with E-state index in [1.54, 1.807) is 10.9 Å². The van der Waals surface area contributed by atoms with Gasteiger partial charge in [-0.25, -0.2) is 14.5 Å². The first kappa shape index (κ1) is 16.1. The molecule has 2 aromatic heterocycles. The van der Waals surface area contributed by atoms with Gasteiger partial charge in [0.05, 0.1) is 17.1 Å². The monoisotopic (exact) mass is 450 g/mol. The van der Waals surface area contributed by atoms with Crippen molar-refractivity contribution in [3.8, 4) is 0 Å². The number of benzene rings is 1. The number of hydrogen-bond acceptors (Lipinski definition) is 5. The quantitative estimate of drug-likeness (QED) is 0.583. The summed E-state index contributed by atoms with van der Waals surface area (Å²) in [5.41, 5.74) is 2.48. The lowest BCUT2D eigenvalue weighted by Crippen LogP contribution is -2.45. The Bertz CT molecular complexity index is 972. The van der Waals surface area contributed by atoms with Gasteiger partial charge in [0.15, 0.2) is 5.65 Å². The summed E-state index contributed by atoms with van der Waals surface area (Å²) in [6.07, 6.45) is 1.49. The molecule has 0 fully saturated rings. The van der Waals surface area contributed by atoms with E-state index < -0.39 is 6.09 Å². The molecule has 0 saturated carbocycles. The van der Waals surface area contributed by atoms with Gasteiger partial charge in [0.2, 0.25) is 5.95 Å². The Morgan fingerprint density at radius 1 is 1.40 bits per heavy atom. The zero-order valence-electron chi connectivity index (χ0n) is 13.3. The number of para-hydroxylation sites is 1. The second kappa shape index (κ2) is 6.14. The lowest BCUT2D eigenvalue weighted by molar-refractivity contribution is 0.201. The van der Waals surface area contributed by atoms with Crippen molar-refractivity contribution in [2.45, 2.75) is 12.5 Å². The van der Waals surface area contributed by atoms with Crippen LogP contribution >= 0.6 is 22.6 Å². The van der Waals surface area contributed by atoms with Gasteiger partial charge in [0.1, 0.15) is 3.70 Å². The number of anilines is 2. The highest BCUT2D eigenvalue weighted by atomic mass is 127. The minimum absolute atomic E-state index is 0.101. The number of carboxylic acid groups (broad SMARTS) is 1. The summed E-state index contributed by atoms with van der Waals surface area (Å²) in [5.74, 6) is 0.474. The van der Waals surface area contributed by atoms with Crippen molar-refractivity contribution in [3.05, 3.63) is 39.7 Å². The van der Waals surface area contributed by atoms with Crippen molar-refractivity contribution >= 4 is 51.4 Å². The molecule has 8 nitrogen and oxygen atoms in total. The van der Waals surface area contributed by atoms with Crippen LogP contribution in [0.1, 0.15) is 5.56 Å². The minimum Gasteiger partial charge on any atom is -0.465 e. The molecule has 0 bridgehead atoms. The summed E-state index contributed by atoms with van der Waals surface area (Å²) < 4.78 is 2.56. The number of nitrogens with zero attached hydrogens (tertiary/aromatic N) is 5. The van der Waals surface area contributed by atoms with Gasteiger partial charge in [0, 0.05) is 19.8 Å². The first-order chi connectivity index (χ1) is 12.0. The molecule has 1 aromatic carbocycles. The van der Waals surface area contributed by atoms with Crippen LogP contribution in [0, 0.1) is 3.70 Å². The maximum Gasteiger partial charge on any atom is 0.411 e. The maximum absolute atomic E-state index is 11.6. The Morgan fingerprint density at radius 3 is 3.00 bits per heavy atom. The van der Waals surface area contributed by atoms with E-state index in [9.17, 15) is 9.90 Å². The van der Waals surface area contributed by atoms with Crippen LogP contribution in [-0.4, -0.2) is 43.5 Å². The smallest absolute Gasteiger partial charge is 0.411 e. The van der Waals surface area contributed by atoms with Crippen LogP contribution in [0.3, 0.4) is 0 Å². The molecular formula is C16H15IN6O2. The van der Waals surface area contributed by atoms with Crippen LogP contribution in [0.15, 0.2) is 30.5 Å². The standard InChI is InChI=1S/C16H15IN6O2/c1-22-14-11(13(17)21-22)7-18-15(20-14)19-10-6-9-4-2-3-5-12(9)23(8-10)16(24)25/h2-5,7,10H,6,8H2,1H3,(H,24,25)(H,18,19,20). The van der Waals surface area contributed by atoms with Gasteiger partial charge in [-0.2, -0.15) is 10.1 Å². The zero-order chi connectivity index (χ0) is 17.6.